The molecule has 1 N–H and O–H groups in total. The predicted molar refractivity (Wildman–Crippen MR) is 68.2 cm³/mol. The topological polar surface area (TPSA) is 42.0 Å². The summed E-state index contributed by atoms with van der Waals surface area (Å²) in [5.41, 5.74) is 0.459. The summed E-state index contributed by atoms with van der Waals surface area (Å²) in [5, 5.41) is 3.04. The lowest BCUT2D eigenvalue weighted by atomic mass is 10.1. The first-order valence-electron chi connectivity index (χ1n) is 6.13. The van der Waals surface area contributed by atoms with Crippen LogP contribution >= 0.6 is 11.6 Å². The van der Waals surface area contributed by atoms with Crippen molar-refractivity contribution in [2.45, 2.75) is 43.5 Å². The van der Waals surface area contributed by atoms with Crippen molar-refractivity contribution in [2.24, 2.45) is 0 Å². The Bertz CT molecular complexity index is 369. The molecule has 2 atom stereocenters. The molecule has 4 heteroatoms. The molecule has 0 saturated heterocycles. The standard InChI is InChI=1S/C13H17ClN2O/c14-10-6-2-1-3-7-11(10)16-13(17)12-8-4-5-9-15-12/h4-5,8-11H,1-3,6-7H2,(H,16,17). The van der Waals surface area contributed by atoms with Gasteiger partial charge in [0.15, 0.2) is 0 Å². The number of rotatable bonds is 2. The number of alkyl halides is 1. The van der Waals surface area contributed by atoms with Crippen molar-refractivity contribution in [1.29, 1.82) is 0 Å². The van der Waals surface area contributed by atoms with Gasteiger partial charge in [0.05, 0.1) is 5.38 Å². The molecule has 1 aromatic heterocycles. The molecular weight excluding hydrogens is 236 g/mol. The highest BCUT2D eigenvalue weighted by atomic mass is 35.5. The SMILES string of the molecule is O=C(NC1CCCCCC1Cl)c1ccccn1. The van der Waals surface area contributed by atoms with Gasteiger partial charge in [-0.15, -0.1) is 11.6 Å². The zero-order valence-corrected chi connectivity index (χ0v) is 10.5. The molecule has 1 aliphatic rings. The normalized spacial score (nSPS) is 25.0. The van der Waals surface area contributed by atoms with E-state index >= 15 is 0 Å². The van der Waals surface area contributed by atoms with Crippen molar-refractivity contribution >= 4 is 17.5 Å². The third kappa shape index (κ3) is 3.43. The molecule has 3 nitrogen and oxygen atoms in total. The number of nitrogens with zero attached hydrogens (tertiary/aromatic N) is 1. The smallest absolute Gasteiger partial charge is 0.270 e. The lowest BCUT2D eigenvalue weighted by Gasteiger charge is -2.20. The van der Waals surface area contributed by atoms with Gasteiger partial charge in [-0.05, 0) is 25.0 Å². The number of carbonyl (C=O) groups is 1. The fourth-order valence-electron chi connectivity index (χ4n) is 2.16. The molecule has 2 rings (SSSR count). The maximum absolute atomic E-state index is 11.9. The van der Waals surface area contributed by atoms with Gasteiger partial charge in [0.1, 0.15) is 5.69 Å². The first-order chi connectivity index (χ1) is 8.27. The summed E-state index contributed by atoms with van der Waals surface area (Å²) < 4.78 is 0. The highest BCUT2D eigenvalue weighted by Crippen LogP contribution is 2.22. The van der Waals surface area contributed by atoms with Gasteiger partial charge < -0.3 is 5.32 Å². The summed E-state index contributed by atoms with van der Waals surface area (Å²) in [6, 6.07) is 5.41. The Morgan fingerprint density at radius 3 is 2.88 bits per heavy atom. The molecule has 2 unspecified atom stereocenters. The van der Waals surface area contributed by atoms with Crippen molar-refractivity contribution in [3.63, 3.8) is 0 Å². The molecule has 17 heavy (non-hydrogen) atoms. The minimum atomic E-state index is -0.122. The van der Waals surface area contributed by atoms with Gasteiger partial charge in [0, 0.05) is 12.2 Å². The summed E-state index contributed by atoms with van der Waals surface area (Å²) in [7, 11) is 0. The van der Waals surface area contributed by atoms with E-state index in [0.29, 0.717) is 5.69 Å². The van der Waals surface area contributed by atoms with E-state index in [9.17, 15) is 4.79 Å². The van der Waals surface area contributed by atoms with Gasteiger partial charge in [-0.1, -0.05) is 25.3 Å². The zero-order chi connectivity index (χ0) is 12.1. The molecular formula is C13H17ClN2O. The summed E-state index contributed by atoms with van der Waals surface area (Å²) in [6.45, 7) is 0. The van der Waals surface area contributed by atoms with Crippen LogP contribution in [0.3, 0.4) is 0 Å². The van der Waals surface area contributed by atoms with E-state index < -0.39 is 0 Å². The highest BCUT2D eigenvalue weighted by Gasteiger charge is 2.23. The summed E-state index contributed by atoms with van der Waals surface area (Å²) in [5.74, 6) is -0.122. The van der Waals surface area contributed by atoms with Gasteiger partial charge in [0.2, 0.25) is 0 Å². The van der Waals surface area contributed by atoms with E-state index in [1.165, 1.54) is 6.42 Å². The van der Waals surface area contributed by atoms with E-state index in [4.69, 9.17) is 11.6 Å². The molecule has 1 fully saturated rings. The highest BCUT2D eigenvalue weighted by molar-refractivity contribution is 6.21. The molecule has 1 heterocycles. The predicted octanol–water partition coefficient (Wildman–Crippen LogP) is 2.75. The minimum absolute atomic E-state index is 0.0464. The monoisotopic (exact) mass is 252 g/mol. The zero-order valence-electron chi connectivity index (χ0n) is 9.73. The fraction of sp³-hybridized carbons (Fsp3) is 0.538. The number of nitrogens with one attached hydrogen (secondary N) is 1. The second-order valence-corrected chi connectivity index (χ2v) is 5.01. The van der Waals surface area contributed by atoms with Crippen LogP contribution < -0.4 is 5.32 Å². The third-order valence-electron chi connectivity index (χ3n) is 3.15. The number of halogens is 1. The summed E-state index contributed by atoms with van der Waals surface area (Å²) >= 11 is 6.28. The van der Waals surface area contributed by atoms with Crippen molar-refractivity contribution in [3.05, 3.63) is 30.1 Å². The Kier molecular flexibility index (Phi) is 4.37. The second kappa shape index (κ2) is 6.01. The van der Waals surface area contributed by atoms with E-state index in [1.807, 2.05) is 6.07 Å². The number of pyridine rings is 1. The Hall–Kier alpha value is -1.09. The molecule has 92 valence electrons. The van der Waals surface area contributed by atoms with Crippen LogP contribution in [-0.2, 0) is 0 Å². The molecule has 1 amide bonds. The first kappa shape index (κ1) is 12.4. The van der Waals surface area contributed by atoms with Crippen molar-refractivity contribution in [3.8, 4) is 0 Å². The fourth-order valence-corrected chi connectivity index (χ4v) is 2.51. The molecule has 0 radical (unpaired) electrons. The van der Waals surface area contributed by atoms with Gasteiger partial charge in [-0.3, -0.25) is 9.78 Å². The van der Waals surface area contributed by atoms with Crippen LogP contribution in [0, 0.1) is 0 Å². The molecule has 1 saturated carbocycles. The number of amides is 1. The Morgan fingerprint density at radius 1 is 1.29 bits per heavy atom. The second-order valence-electron chi connectivity index (χ2n) is 4.45. The Balaban J connectivity index is 1.98. The maximum Gasteiger partial charge on any atom is 0.270 e. The summed E-state index contributed by atoms with van der Waals surface area (Å²) in [6.07, 6.45) is 7.07. The lowest BCUT2D eigenvalue weighted by Crippen LogP contribution is -2.40. The Morgan fingerprint density at radius 2 is 2.12 bits per heavy atom. The van der Waals surface area contributed by atoms with Crippen molar-refractivity contribution < 1.29 is 4.79 Å². The molecule has 0 aromatic carbocycles. The third-order valence-corrected chi connectivity index (χ3v) is 3.67. The average molecular weight is 253 g/mol. The van der Waals surface area contributed by atoms with Crippen LogP contribution in [0.5, 0.6) is 0 Å². The van der Waals surface area contributed by atoms with Crippen LogP contribution in [0.2, 0.25) is 0 Å². The molecule has 1 aromatic rings. The van der Waals surface area contributed by atoms with Gasteiger partial charge in [-0.2, -0.15) is 0 Å². The van der Waals surface area contributed by atoms with Crippen molar-refractivity contribution in [2.75, 3.05) is 0 Å². The van der Waals surface area contributed by atoms with E-state index in [1.54, 1.807) is 18.3 Å². The van der Waals surface area contributed by atoms with Crippen LogP contribution in [0.25, 0.3) is 0 Å². The maximum atomic E-state index is 11.9. The molecule has 0 bridgehead atoms. The number of hydrogen-bond acceptors (Lipinski definition) is 2. The minimum Gasteiger partial charge on any atom is -0.346 e. The van der Waals surface area contributed by atoms with E-state index in [-0.39, 0.29) is 17.3 Å². The van der Waals surface area contributed by atoms with Gasteiger partial charge >= 0.3 is 0 Å². The van der Waals surface area contributed by atoms with E-state index in [2.05, 4.69) is 10.3 Å². The molecule has 0 aliphatic heterocycles. The quantitative estimate of drug-likeness (QED) is 0.650. The lowest BCUT2D eigenvalue weighted by molar-refractivity contribution is 0.0929. The van der Waals surface area contributed by atoms with Crippen LogP contribution in [0.15, 0.2) is 24.4 Å². The van der Waals surface area contributed by atoms with Gasteiger partial charge in [-0.25, -0.2) is 0 Å². The molecule has 1 aliphatic carbocycles. The van der Waals surface area contributed by atoms with Gasteiger partial charge in [0.25, 0.3) is 5.91 Å². The number of hydrogen-bond donors (Lipinski definition) is 1. The number of carbonyl (C=O) groups excluding carboxylic acids is 1. The average Bonchev–Trinajstić information content (AvgIpc) is 2.56. The van der Waals surface area contributed by atoms with Crippen LogP contribution in [-0.4, -0.2) is 22.3 Å². The largest absolute Gasteiger partial charge is 0.346 e. The Labute approximate surface area is 107 Å². The van der Waals surface area contributed by atoms with E-state index in [0.717, 1.165) is 25.7 Å². The van der Waals surface area contributed by atoms with Crippen molar-refractivity contribution in [1.82, 2.24) is 10.3 Å². The summed E-state index contributed by atoms with van der Waals surface area (Å²) in [4.78, 5) is 16.0. The van der Waals surface area contributed by atoms with Crippen LogP contribution in [0.1, 0.15) is 42.6 Å². The molecule has 0 spiro atoms. The number of aromatic nitrogens is 1. The van der Waals surface area contributed by atoms with Crippen LogP contribution in [0.4, 0.5) is 0 Å². The first-order valence-corrected chi connectivity index (χ1v) is 6.57.